The topological polar surface area (TPSA) is 66.8 Å². The molecule has 4 nitrogen and oxygen atoms in total. The van der Waals surface area contributed by atoms with Crippen LogP contribution in [0.25, 0.3) is 0 Å². The normalized spacial score (nSPS) is 45.7. The number of rotatable bonds is 6. The minimum Gasteiger partial charge on any atom is -0.460 e. The van der Waals surface area contributed by atoms with E-state index in [-0.39, 0.29) is 29.1 Å². The van der Waals surface area contributed by atoms with Gasteiger partial charge < -0.3 is 14.9 Å². The fourth-order valence-electron chi connectivity index (χ4n) is 9.55. The van der Waals surface area contributed by atoms with Gasteiger partial charge >= 0.3 is 5.97 Å². The van der Waals surface area contributed by atoms with Crippen molar-refractivity contribution in [2.45, 2.75) is 129 Å². The summed E-state index contributed by atoms with van der Waals surface area (Å²) in [5.41, 5.74) is -1.08. The lowest BCUT2D eigenvalue weighted by atomic mass is 9.43. The largest absolute Gasteiger partial charge is 0.460 e. The van der Waals surface area contributed by atoms with Crippen molar-refractivity contribution in [1.82, 2.24) is 0 Å². The Bertz CT molecular complexity index is 794. The van der Waals surface area contributed by atoms with Gasteiger partial charge in [-0.1, -0.05) is 33.6 Å². The van der Waals surface area contributed by atoms with Crippen molar-refractivity contribution in [2.24, 2.45) is 46.3 Å². The van der Waals surface area contributed by atoms with E-state index >= 15 is 8.78 Å². The first kappa shape index (κ1) is 27.3. The molecule has 0 aromatic rings. The molecule has 0 spiro atoms. The molecule has 0 unspecified atom stereocenters. The highest BCUT2D eigenvalue weighted by atomic mass is 19.3. The second-order valence-electron chi connectivity index (χ2n) is 13.9. The number of hydrogen-bond donors (Lipinski definition) is 2. The average molecular weight is 499 g/mol. The zero-order valence-electron chi connectivity index (χ0n) is 22.7. The lowest BCUT2D eigenvalue weighted by molar-refractivity contribution is -0.260. The summed E-state index contributed by atoms with van der Waals surface area (Å²) in [6, 6.07) is 0. The molecule has 0 saturated heterocycles. The Labute approximate surface area is 210 Å². The third-order valence-electron chi connectivity index (χ3n) is 11.2. The van der Waals surface area contributed by atoms with E-state index in [1.165, 1.54) is 6.92 Å². The molecule has 0 radical (unpaired) electrons. The molecule has 10 atom stereocenters. The molecule has 0 heterocycles. The van der Waals surface area contributed by atoms with E-state index < -0.39 is 41.5 Å². The second kappa shape index (κ2) is 9.22. The Morgan fingerprint density at radius 2 is 1.69 bits per heavy atom. The maximum atomic E-state index is 16.1. The van der Waals surface area contributed by atoms with Gasteiger partial charge in [-0.2, -0.15) is 0 Å². The van der Waals surface area contributed by atoms with E-state index in [9.17, 15) is 15.0 Å². The molecule has 4 fully saturated rings. The van der Waals surface area contributed by atoms with Crippen molar-refractivity contribution >= 4 is 5.97 Å². The number of aliphatic hydroxyl groups excluding tert-OH is 1. The molecule has 4 rings (SSSR count). The summed E-state index contributed by atoms with van der Waals surface area (Å²) in [5, 5.41) is 21.2. The maximum absolute atomic E-state index is 16.1. The smallest absolute Gasteiger partial charge is 0.302 e. The van der Waals surface area contributed by atoms with Gasteiger partial charge in [0.1, 0.15) is 6.10 Å². The minimum absolute atomic E-state index is 0.0130. The molecule has 4 aliphatic rings. The van der Waals surface area contributed by atoms with Crippen molar-refractivity contribution in [3.05, 3.63) is 0 Å². The highest BCUT2D eigenvalue weighted by molar-refractivity contribution is 5.66. The van der Waals surface area contributed by atoms with Gasteiger partial charge in [0, 0.05) is 19.3 Å². The van der Waals surface area contributed by atoms with Crippen LogP contribution in [0.5, 0.6) is 0 Å². The zero-order chi connectivity index (χ0) is 26.0. The van der Waals surface area contributed by atoms with Crippen LogP contribution >= 0.6 is 0 Å². The van der Waals surface area contributed by atoms with E-state index in [1.807, 2.05) is 13.8 Å². The first-order valence-corrected chi connectivity index (χ1v) is 14.1. The third kappa shape index (κ3) is 4.80. The Morgan fingerprint density at radius 1 is 1.06 bits per heavy atom. The number of carbonyl (C=O) groups excluding carboxylic acids is 1. The summed E-state index contributed by atoms with van der Waals surface area (Å²) < 4.78 is 37.5. The monoisotopic (exact) mass is 498 g/mol. The molecule has 0 bridgehead atoms. The molecule has 0 amide bonds. The predicted molar refractivity (Wildman–Crippen MR) is 132 cm³/mol. The summed E-state index contributed by atoms with van der Waals surface area (Å²) in [7, 11) is 0. The van der Waals surface area contributed by atoms with Gasteiger partial charge in [0.2, 0.25) is 0 Å². The van der Waals surface area contributed by atoms with Crippen LogP contribution in [0.4, 0.5) is 8.78 Å². The van der Waals surface area contributed by atoms with Gasteiger partial charge in [-0.25, -0.2) is 8.78 Å². The van der Waals surface area contributed by atoms with Crippen LogP contribution in [0.15, 0.2) is 0 Å². The van der Waals surface area contributed by atoms with Crippen LogP contribution in [0, 0.1) is 46.3 Å². The Kier molecular flexibility index (Phi) is 7.19. The molecular formula is C29H48F2O4. The molecule has 6 heteroatoms. The van der Waals surface area contributed by atoms with E-state index in [0.717, 1.165) is 51.4 Å². The van der Waals surface area contributed by atoms with Gasteiger partial charge in [-0.05, 0) is 99.2 Å². The Hall–Kier alpha value is -0.750. The standard InChI is InChI=1S/C29H48F2O4/c1-17(8-7-13-26(3,4)34)19-9-10-20-24-21(11-14-27(19,20)5)28(6)15-12-23(35-18(2)32)25(33)22(28)16-29(24,30)31/h17,19-25,33-34H,7-16H2,1-6H3/t17-,19-,20+,21+,22+,23+,24+,25-,27-,28-/m1/s1. The highest BCUT2D eigenvalue weighted by Gasteiger charge is 2.69. The van der Waals surface area contributed by atoms with Crippen molar-refractivity contribution in [3.8, 4) is 0 Å². The summed E-state index contributed by atoms with van der Waals surface area (Å²) in [6.07, 6.45) is 5.68. The van der Waals surface area contributed by atoms with Crippen LogP contribution in [-0.2, 0) is 9.53 Å². The molecule has 0 aromatic carbocycles. The molecule has 4 saturated carbocycles. The minimum atomic E-state index is -2.82. The fourth-order valence-corrected chi connectivity index (χ4v) is 9.55. The Morgan fingerprint density at radius 3 is 2.31 bits per heavy atom. The van der Waals surface area contributed by atoms with E-state index in [0.29, 0.717) is 18.3 Å². The van der Waals surface area contributed by atoms with Crippen molar-refractivity contribution < 1.29 is 28.5 Å². The third-order valence-corrected chi connectivity index (χ3v) is 11.2. The van der Waals surface area contributed by atoms with Gasteiger partial charge in [-0.3, -0.25) is 4.79 Å². The SMILES string of the molecule is CC(=O)O[C@H]1CC[C@@]2(C)[C@@H](CC(F)(F)[C@@H]3[C@@H]2CC[C@]2(C)[C@@H]([C@H](C)CCCC(C)(C)O)CC[C@@H]32)[C@H]1O. The van der Waals surface area contributed by atoms with Gasteiger partial charge in [0.15, 0.2) is 0 Å². The van der Waals surface area contributed by atoms with Crippen LogP contribution in [-0.4, -0.2) is 39.9 Å². The predicted octanol–water partition coefficient (Wildman–Crippen LogP) is 6.37. The lowest BCUT2D eigenvalue weighted by Crippen LogP contribution is -2.64. The van der Waals surface area contributed by atoms with Gasteiger partial charge in [0.05, 0.1) is 11.7 Å². The number of halogens is 2. The maximum Gasteiger partial charge on any atom is 0.302 e. The van der Waals surface area contributed by atoms with Crippen molar-refractivity contribution in [3.63, 3.8) is 0 Å². The summed E-state index contributed by atoms with van der Waals surface area (Å²) >= 11 is 0. The van der Waals surface area contributed by atoms with E-state index in [1.54, 1.807) is 0 Å². The molecule has 0 aromatic heterocycles. The zero-order valence-corrected chi connectivity index (χ0v) is 22.7. The number of hydrogen-bond acceptors (Lipinski definition) is 4. The molecule has 4 aliphatic carbocycles. The van der Waals surface area contributed by atoms with Crippen molar-refractivity contribution in [2.75, 3.05) is 0 Å². The number of carbonyl (C=O) groups is 1. The molecule has 35 heavy (non-hydrogen) atoms. The van der Waals surface area contributed by atoms with E-state index in [4.69, 9.17) is 4.74 Å². The number of esters is 1. The number of aliphatic hydroxyl groups is 2. The quantitative estimate of drug-likeness (QED) is 0.418. The number of ether oxygens (including phenoxy) is 1. The van der Waals surface area contributed by atoms with Gasteiger partial charge in [-0.15, -0.1) is 0 Å². The van der Waals surface area contributed by atoms with Crippen molar-refractivity contribution in [1.29, 1.82) is 0 Å². The van der Waals surface area contributed by atoms with Crippen LogP contribution in [0.2, 0.25) is 0 Å². The Balaban J connectivity index is 1.54. The summed E-state index contributed by atoms with van der Waals surface area (Å²) in [4.78, 5) is 11.5. The lowest BCUT2D eigenvalue weighted by Gasteiger charge is -2.63. The number of alkyl halides is 2. The summed E-state index contributed by atoms with van der Waals surface area (Å²) in [6.45, 7) is 11.7. The summed E-state index contributed by atoms with van der Waals surface area (Å²) in [5.74, 6) is -3.63. The molecule has 202 valence electrons. The second-order valence-corrected chi connectivity index (χ2v) is 13.9. The molecule has 2 N–H and O–H groups in total. The molecule has 0 aliphatic heterocycles. The first-order chi connectivity index (χ1) is 16.1. The highest BCUT2D eigenvalue weighted by Crippen LogP contribution is 2.71. The van der Waals surface area contributed by atoms with Crippen LogP contribution < -0.4 is 0 Å². The number of fused-ring (bicyclic) bond motifs is 5. The first-order valence-electron chi connectivity index (χ1n) is 14.1. The fraction of sp³-hybridized carbons (Fsp3) is 0.966. The molecular weight excluding hydrogens is 450 g/mol. The van der Waals surface area contributed by atoms with Crippen LogP contribution in [0.3, 0.4) is 0 Å². The van der Waals surface area contributed by atoms with Gasteiger partial charge in [0.25, 0.3) is 5.92 Å². The van der Waals surface area contributed by atoms with Crippen LogP contribution in [0.1, 0.15) is 106 Å². The average Bonchev–Trinajstić information content (AvgIpc) is 3.08. The van der Waals surface area contributed by atoms with E-state index in [2.05, 4.69) is 20.8 Å².